The molecule has 0 saturated carbocycles. The van der Waals surface area contributed by atoms with Gasteiger partial charge in [-0.2, -0.15) is 4.58 Å². The van der Waals surface area contributed by atoms with E-state index in [0.29, 0.717) is 11.3 Å². The molecule has 4 rings (SSSR count). The zero-order valence-electron chi connectivity index (χ0n) is 39.2. The van der Waals surface area contributed by atoms with Gasteiger partial charge in [-0.3, -0.25) is 4.79 Å². The highest BCUT2D eigenvalue weighted by Gasteiger charge is 2.46. The van der Waals surface area contributed by atoms with E-state index in [1.165, 1.54) is 190 Å². The largest absolute Gasteiger partial charge is 0.502 e. The minimum absolute atomic E-state index is 0.0251. The Labute approximate surface area is 371 Å². The summed E-state index contributed by atoms with van der Waals surface area (Å²) in [5.74, 6) is -0.969. The van der Waals surface area contributed by atoms with Crippen molar-refractivity contribution >= 4 is 23.4 Å². The summed E-state index contributed by atoms with van der Waals surface area (Å²) in [6, 6.07) is 15.5. The Morgan fingerprint density at radius 1 is 0.607 bits per heavy atom. The molecule has 6 heteroatoms. The van der Waals surface area contributed by atoms with Crippen molar-refractivity contribution in [3.8, 4) is 5.75 Å². The third-order valence-corrected chi connectivity index (χ3v) is 13.7. The molecule has 3 aromatic rings. The number of hydrogen-bond acceptors (Lipinski definition) is 4. The lowest BCUT2D eigenvalue weighted by Crippen LogP contribution is -2.43. The number of nitrogens with zero attached hydrogens (tertiary/aromatic N) is 2. The third-order valence-electron chi connectivity index (χ3n) is 13.7. The summed E-state index contributed by atoms with van der Waals surface area (Å²) in [7, 11) is 1.77. The molecule has 1 atom stereocenters. The summed E-state index contributed by atoms with van der Waals surface area (Å²) < 4.78 is 1.69. The van der Waals surface area contributed by atoms with Crippen molar-refractivity contribution in [3.05, 3.63) is 86.5 Å². The number of fused-ring (bicyclic) bond motifs is 1. The normalized spacial score (nSPS) is 16.2. The number of benzene rings is 2. The molecule has 61 heavy (non-hydrogen) atoms. The molecule has 1 aliphatic rings. The molecule has 2 N–H and O–H groups in total. The number of allylic oxidation sites excluding steroid dienone is 1. The second-order valence-corrected chi connectivity index (χ2v) is 18.5. The van der Waals surface area contributed by atoms with Gasteiger partial charge in [0.05, 0.1) is 11.1 Å². The molecular weight excluding hydrogens is 753 g/mol. The molecule has 0 unspecified atom stereocenters. The molecular formula is C55H85N2O4+. The van der Waals surface area contributed by atoms with E-state index in [2.05, 4.69) is 56.0 Å². The van der Waals surface area contributed by atoms with Gasteiger partial charge < -0.3 is 15.1 Å². The number of aromatic carboxylic acids is 1. The van der Waals surface area contributed by atoms with E-state index in [9.17, 15) is 19.8 Å². The quantitative estimate of drug-likeness (QED) is 0.0462. The summed E-state index contributed by atoms with van der Waals surface area (Å²) in [5, 5.41) is 21.4. The minimum Gasteiger partial charge on any atom is -0.502 e. The van der Waals surface area contributed by atoms with E-state index >= 15 is 0 Å². The van der Waals surface area contributed by atoms with Crippen molar-refractivity contribution in [1.82, 2.24) is 4.58 Å². The fourth-order valence-corrected chi connectivity index (χ4v) is 9.93. The molecule has 6 nitrogen and oxygen atoms in total. The maximum Gasteiger partial charge on any atom is 0.335 e. The van der Waals surface area contributed by atoms with E-state index in [1.54, 1.807) is 23.8 Å². The number of carbonyl (C=O) groups is 1. The van der Waals surface area contributed by atoms with E-state index < -0.39 is 5.97 Å². The smallest absolute Gasteiger partial charge is 0.335 e. The van der Waals surface area contributed by atoms with Crippen LogP contribution in [0.15, 0.2) is 59.0 Å². The zero-order valence-corrected chi connectivity index (χ0v) is 39.2. The summed E-state index contributed by atoms with van der Waals surface area (Å²) in [4.78, 5) is 28.2. The summed E-state index contributed by atoms with van der Waals surface area (Å²) >= 11 is 0. The fraction of sp³-hybridized carbons (Fsp3) is 0.655. The molecule has 0 fully saturated rings. The van der Waals surface area contributed by atoms with Gasteiger partial charge in [0, 0.05) is 35.5 Å². The number of carboxylic acid groups (broad SMARTS) is 1. The van der Waals surface area contributed by atoms with Gasteiger partial charge >= 0.3 is 5.97 Å². The van der Waals surface area contributed by atoms with Crippen molar-refractivity contribution in [2.75, 3.05) is 18.5 Å². The summed E-state index contributed by atoms with van der Waals surface area (Å²) in [5.41, 5.74) is 4.73. The Bertz CT molecular complexity index is 1820. The van der Waals surface area contributed by atoms with Crippen molar-refractivity contribution in [2.45, 2.75) is 219 Å². The minimum atomic E-state index is -0.994. The molecule has 1 heterocycles. The summed E-state index contributed by atoms with van der Waals surface area (Å²) in [6.45, 7) is 7.75. The van der Waals surface area contributed by atoms with Gasteiger partial charge in [-0.1, -0.05) is 212 Å². The van der Waals surface area contributed by atoms with Crippen LogP contribution in [0.4, 0.5) is 11.4 Å². The van der Waals surface area contributed by atoms with Crippen LogP contribution in [0.1, 0.15) is 235 Å². The Morgan fingerprint density at radius 2 is 1.03 bits per heavy atom. The first kappa shape index (κ1) is 50.0. The van der Waals surface area contributed by atoms with Gasteiger partial charge in [-0.25, -0.2) is 4.79 Å². The Morgan fingerprint density at radius 3 is 1.48 bits per heavy atom. The first-order valence-corrected chi connectivity index (χ1v) is 25.3. The predicted octanol–water partition coefficient (Wildman–Crippen LogP) is 14.9. The van der Waals surface area contributed by atoms with Crippen LogP contribution in [-0.4, -0.2) is 29.8 Å². The molecule has 0 radical (unpaired) electrons. The maximum absolute atomic E-state index is 14.2. The average Bonchev–Trinajstić information content (AvgIpc) is 3.52. The van der Waals surface area contributed by atoms with Crippen molar-refractivity contribution in [3.63, 3.8) is 0 Å². The molecule has 3 aromatic carbocycles. The average molecular weight is 838 g/mol. The van der Waals surface area contributed by atoms with E-state index in [1.807, 2.05) is 0 Å². The van der Waals surface area contributed by atoms with Crippen LogP contribution in [0, 0.1) is 0 Å². The molecule has 0 aliphatic carbocycles. The molecule has 0 spiro atoms. The first-order valence-electron chi connectivity index (χ1n) is 25.3. The molecule has 0 amide bonds. The molecule has 338 valence electrons. The highest BCUT2D eigenvalue weighted by Crippen LogP contribution is 2.54. The Kier molecular flexibility index (Phi) is 23.0. The van der Waals surface area contributed by atoms with Gasteiger partial charge in [0.25, 0.3) is 10.8 Å². The molecule has 0 saturated heterocycles. The Balaban J connectivity index is 1.64. The highest BCUT2D eigenvalue weighted by atomic mass is 16.4. The Hall–Kier alpha value is -3.67. The van der Waals surface area contributed by atoms with E-state index in [0.717, 1.165) is 38.6 Å². The first-order chi connectivity index (χ1) is 29.8. The fourth-order valence-electron chi connectivity index (χ4n) is 9.93. The van der Waals surface area contributed by atoms with Crippen LogP contribution in [0.5, 0.6) is 5.75 Å². The van der Waals surface area contributed by atoms with Crippen LogP contribution in [0.2, 0.25) is 0 Å². The highest BCUT2D eigenvalue weighted by molar-refractivity contribution is 5.88. The second-order valence-electron chi connectivity index (χ2n) is 18.5. The maximum atomic E-state index is 14.2. The van der Waals surface area contributed by atoms with Crippen LogP contribution in [-0.2, 0) is 5.41 Å². The number of hydrogen-bond donors (Lipinski definition) is 2. The van der Waals surface area contributed by atoms with Gasteiger partial charge in [0.1, 0.15) is 7.05 Å². The van der Waals surface area contributed by atoms with Crippen LogP contribution in [0.25, 0.3) is 6.08 Å². The molecule has 0 bridgehead atoms. The van der Waals surface area contributed by atoms with Gasteiger partial charge in [0.2, 0.25) is 11.4 Å². The van der Waals surface area contributed by atoms with Crippen molar-refractivity contribution in [2.24, 2.45) is 0 Å². The lowest BCUT2D eigenvalue weighted by Gasteiger charge is -2.35. The second kappa shape index (κ2) is 28.1. The third kappa shape index (κ3) is 15.0. The van der Waals surface area contributed by atoms with E-state index in [-0.39, 0.29) is 27.5 Å². The van der Waals surface area contributed by atoms with E-state index in [4.69, 9.17) is 0 Å². The van der Waals surface area contributed by atoms with Gasteiger partial charge in [-0.05, 0) is 49.1 Å². The summed E-state index contributed by atoms with van der Waals surface area (Å²) in [6.07, 6.45) is 40.3. The monoisotopic (exact) mass is 838 g/mol. The van der Waals surface area contributed by atoms with Crippen LogP contribution >= 0.6 is 0 Å². The predicted molar refractivity (Wildman–Crippen MR) is 260 cm³/mol. The SMILES string of the molecule is CCCCCCCCCCCCN1C(=Cc2c(O)c(=[N+](C)c3ccc(C(=O)O)cc3)c2=O)[C@@](CCCCCCCCCC)(CCCCCCCCCCCC)c2ccccc21. The van der Waals surface area contributed by atoms with Crippen LogP contribution < -0.4 is 20.3 Å². The lowest BCUT2D eigenvalue weighted by molar-refractivity contribution is 0.0697. The number of carboxylic acids is 1. The molecule has 1 aliphatic heterocycles. The standard InChI is InChI=1S/C55H84N2O4/c1-5-8-11-14-17-20-22-25-28-33-42-55(41-32-27-24-19-16-13-10-7-3)48-35-30-31-36-49(48)57(43-34-29-26-23-21-18-15-12-9-6-2)50(55)44-47-52(58)51(53(47)59)56(4)46-39-37-45(38-40-46)54(60)61/h30-31,35-40,44H,5-29,32-34,41-43H2,1-4H3,(H-,58,59,60,61)/p+1/t55-/m0/s1. The van der Waals surface area contributed by atoms with Gasteiger partial charge in [-0.15, -0.1) is 0 Å². The van der Waals surface area contributed by atoms with Crippen LogP contribution in [0.3, 0.4) is 0 Å². The number of para-hydroxylation sites is 1. The number of anilines is 1. The van der Waals surface area contributed by atoms with Crippen molar-refractivity contribution in [1.29, 1.82) is 0 Å². The van der Waals surface area contributed by atoms with Gasteiger partial charge in [0.15, 0.2) is 0 Å². The topological polar surface area (TPSA) is 80.8 Å². The zero-order chi connectivity index (χ0) is 43.7. The van der Waals surface area contributed by atoms with Crippen molar-refractivity contribution < 1.29 is 15.0 Å². The lowest BCUT2D eigenvalue weighted by atomic mass is 9.71. The number of unbranched alkanes of at least 4 members (excludes halogenated alkanes) is 25. The molecule has 0 aromatic heterocycles. The number of aromatic hydroxyl groups is 1. The number of rotatable bonds is 34.